The summed E-state index contributed by atoms with van der Waals surface area (Å²) in [5.41, 5.74) is 1.36. The molecule has 0 bridgehead atoms. The van der Waals surface area contributed by atoms with Gasteiger partial charge < -0.3 is 15.1 Å². The Balaban J connectivity index is 0.00000225. The molecular formula is C22H36Cl3N3OS. The molecule has 1 saturated heterocycles. The average Bonchev–Trinajstić information content (AvgIpc) is 2.72. The number of hydrogen-bond donors (Lipinski definition) is 1. The summed E-state index contributed by atoms with van der Waals surface area (Å²) >= 11 is 7.42. The van der Waals surface area contributed by atoms with Gasteiger partial charge in [0.15, 0.2) is 0 Å². The van der Waals surface area contributed by atoms with Crippen molar-refractivity contribution in [3.05, 3.63) is 34.9 Å². The monoisotopic (exact) mass is 495 g/mol. The van der Waals surface area contributed by atoms with Gasteiger partial charge in [-0.2, -0.15) is 0 Å². The molecule has 4 nitrogen and oxygen atoms in total. The lowest BCUT2D eigenvalue weighted by Crippen LogP contribution is -2.47. The molecule has 1 aliphatic heterocycles. The highest BCUT2D eigenvalue weighted by atomic mass is 35.5. The van der Waals surface area contributed by atoms with Gasteiger partial charge in [0, 0.05) is 49.5 Å². The fourth-order valence-corrected chi connectivity index (χ4v) is 4.92. The summed E-state index contributed by atoms with van der Waals surface area (Å²) in [5.74, 6) is 0.926. The lowest BCUT2D eigenvalue weighted by Gasteiger charge is -2.34. The smallest absolute Gasteiger partial charge is 0.279 e. The number of amides is 1. The van der Waals surface area contributed by atoms with Gasteiger partial charge in [0.05, 0.1) is 0 Å². The van der Waals surface area contributed by atoms with Crippen molar-refractivity contribution in [1.29, 1.82) is 0 Å². The maximum atomic E-state index is 12.0. The highest BCUT2D eigenvalue weighted by molar-refractivity contribution is 8.13. The molecule has 0 radical (unpaired) electrons. The number of piperazine rings is 1. The van der Waals surface area contributed by atoms with Crippen LogP contribution in [0.15, 0.2) is 24.3 Å². The van der Waals surface area contributed by atoms with Crippen LogP contribution in [0.25, 0.3) is 0 Å². The van der Waals surface area contributed by atoms with Gasteiger partial charge in [0.2, 0.25) is 0 Å². The van der Waals surface area contributed by atoms with Gasteiger partial charge in [-0.3, -0.25) is 4.79 Å². The number of rotatable bonds is 8. The van der Waals surface area contributed by atoms with E-state index in [9.17, 15) is 4.79 Å². The van der Waals surface area contributed by atoms with E-state index in [1.54, 1.807) is 0 Å². The van der Waals surface area contributed by atoms with E-state index in [1.165, 1.54) is 36.6 Å². The molecule has 0 unspecified atom stereocenters. The summed E-state index contributed by atoms with van der Waals surface area (Å²) in [7, 11) is 0. The van der Waals surface area contributed by atoms with Gasteiger partial charge in [0.1, 0.15) is 0 Å². The first-order valence-electron chi connectivity index (χ1n) is 10.8. The number of thioether (sulfide) groups is 1. The topological polar surface area (TPSA) is 35.6 Å². The number of carbonyl (C=O) groups is 1. The zero-order valence-corrected chi connectivity index (χ0v) is 20.9. The van der Waals surface area contributed by atoms with Crippen molar-refractivity contribution in [2.75, 3.05) is 45.0 Å². The van der Waals surface area contributed by atoms with E-state index in [2.05, 4.69) is 27.2 Å². The van der Waals surface area contributed by atoms with Gasteiger partial charge >= 0.3 is 0 Å². The van der Waals surface area contributed by atoms with Crippen LogP contribution in [0, 0.1) is 0 Å². The number of halogens is 3. The maximum absolute atomic E-state index is 12.0. The quantitative estimate of drug-likeness (QED) is 0.481. The van der Waals surface area contributed by atoms with E-state index in [1.807, 2.05) is 12.1 Å². The predicted octanol–water partition coefficient (Wildman–Crippen LogP) is 5.51. The SMILES string of the molecule is Cl.Cl.O=C(NC1CCCCC1)SCCCN1CCN(CCc2ccc(Cl)cc2)CC1. The molecule has 1 heterocycles. The van der Waals surface area contributed by atoms with Crippen LogP contribution in [-0.2, 0) is 6.42 Å². The van der Waals surface area contributed by atoms with Crippen LogP contribution >= 0.6 is 48.2 Å². The average molecular weight is 497 g/mol. The summed E-state index contributed by atoms with van der Waals surface area (Å²) in [5, 5.41) is 4.18. The van der Waals surface area contributed by atoms with E-state index >= 15 is 0 Å². The maximum Gasteiger partial charge on any atom is 0.279 e. The molecule has 30 heavy (non-hydrogen) atoms. The fourth-order valence-electron chi connectivity index (χ4n) is 4.08. The Hall–Kier alpha value is -0.170. The molecule has 1 saturated carbocycles. The third kappa shape index (κ3) is 10.4. The van der Waals surface area contributed by atoms with E-state index in [0.29, 0.717) is 6.04 Å². The summed E-state index contributed by atoms with van der Waals surface area (Å²) < 4.78 is 0. The van der Waals surface area contributed by atoms with Crippen LogP contribution in [0.2, 0.25) is 5.02 Å². The first kappa shape index (κ1) is 27.9. The molecule has 8 heteroatoms. The van der Waals surface area contributed by atoms with Crippen molar-refractivity contribution in [3.8, 4) is 0 Å². The van der Waals surface area contributed by atoms with Crippen molar-refractivity contribution in [2.24, 2.45) is 0 Å². The molecule has 0 aromatic heterocycles. The molecule has 1 N–H and O–H groups in total. The molecule has 1 amide bonds. The zero-order chi connectivity index (χ0) is 19.6. The van der Waals surface area contributed by atoms with Gasteiger partial charge in [-0.25, -0.2) is 0 Å². The van der Waals surface area contributed by atoms with E-state index in [-0.39, 0.29) is 30.1 Å². The van der Waals surface area contributed by atoms with E-state index in [4.69, 9.17) is 11.6 Å². The normalized spacial score (nSPS) is 18.3. The Kier molecular flexibility index (Phi) is 14.5. The summed E-state index contributed by atoms with van der Waals surface area (Å²) in [6.07, 6.45) is 8.36. The standard InChI is InChI=1S/C22H34ClN3OS.2ClH/c23-20-9-7-19(8-10-20)11-13-26-16-14-25(15-17-26)12-4-18-28-22(27)24-21-5-2-1-3-6-21;;/h7-10,21H,1-6,11-18H2,(H,24,27);2*1H. The third-order valence-electron chi connectivity index (χ3n) is 5.87. The first-order chi connectivity index (χ1) is 13.7. The Morgan fingerprint density at radius 3 is 2.20 bits per heavy atom. The van der Waals surface area contributed by atoms with Crippen LogP contribution in [0.1, 0.15) is 44.1 Å². The predicted molar refractivity (Wildman–Crippen MR) is 135 cm³/mol. The van der Waals surface area contributed by atoms with Gasteiger partial charge in [-0.15, -0.1) is 24.8 Å². The number of benzene rings is 1. The van der Waals surface area contributed by atoms with Gasteiger partial charge in [0.25, 0.3) is 5.24 Å². The Morgan fingerprint density at radius 2 is 1.57 bits per heavy atom. The largest absolute Gasteiger partial charge is 0.344 e. The highest BCUT2D eigenvalue weighted by Gasteiger charge is 2.17. The second-order valence-electron chi connectivity index (χ2n) is 8.03. The summed E-state index contributed by atoms with van der Waals surface area (Å²) in [6, 6.07) is 8.63. The molecule has 1 aromatic rings. The Morgan fingerprint density at radius 1 is 0.967 bits per heavy atom. The van der Waals surface area contributed by atoms with Crippen LogP contribution in [0.4, 0.5) is 4.79 Å². The van der Waals surface area contributed by atoms with Crippen molar-refractivity contribution in [1.82, 2.24) is 15.1 Å². The van der Waals surface area contributed by atoms with Crippen molar-refractivity contribution in [2.45, 2.75) is 51.0 Å². The van der Waals surface area contributed by atoms with E-state index in [0.717, 1.165) is 75.7 Å². The molecular weight excluding hydrogens is 461 g/mol. The highest BCUT2D eigenvalue weighted by Crippen LogP contribution is 2.18. The number of nitrogens with one attached hydrogen (secondary N) is 1. The summed E-state index contributed by atoms with van der Waals surface area (Å²) in [4.78, 5) is 17.1. The lowest BCUT2D eigenvalue weighted by molar-refractivity contribution is 0.134. The van der Waals surface area contributed by atoms with Crippen LogP contribution in [0.5, 0.6) is 0 Å². The van der Waals surface area contributed by atoms with Gasteiger partial charge in [-0.05, 0) is 49.9 Å². The molecule has 1 aromatic carbocycles. The zero-order valence-electron chi connectivity index (χ0n) is 17.7. The lowest BCUT2D eigenvalue weighted by atomic mass is 9.96. The number of nitrogens with zero attached hydrogens (tertiary/aromatic N) is 2. The Bertz CT molecular complexity index is 592. The molecule has 2 aliphatic rings. The fraction of sp³-hybridized carbons (Fsp3) is 0.682. The first-order valence-corrected chi connectivity index (χ1v) is 12.2. The Labute approximate surface area is 203 Å². The van der Waals surface area contributed by atoms with Crippen LogP contribution < -0.4 is 5.32 Å². The number of hydrogen-bond acceptors (Lipinski definition) is 4. The third-order valence-corrected chi connectivity index (χ3v) is 7.00. The number of carbonyl (C=O) groups excluding carboxylic acids is 1. The molecule has 0 spiro atoms. The second-order valence-corrected chi connectivity index (χ2v) is 9.53. The molecule has 172 valence electrons. The minimum Gasteiger partial charge on any atom is -0.344 e. The van der Waals surface area contributed by atoms with Crippen molar-refractivity contribution < 1.29 is 4.79 Å². The minimum atomic E-state index is 0. The molecule has 1 aliphatic carbocycles. The van der Waals surface area contributed by atoms with Crippen LogP contribution in [-0.4, -0.2) is 66.1 Å². The minimum absolute atomic E-state index is 0. The van der Waals surface area contributed by atoms with Gasteiger partial charge in [-0.1, -0.05) is 54.8 Å². The molecule has 0 atom stereocenters. The van der Waals surface area contributed by atoms with Crippen molar-refractivity contribution >= 4 is 53.4 Å². The van der Waals surface area contributed by atoms with Crippen molar-refractivity contribution in [3.63, 3.8) is 0 Å². The second kappa shape index (κ2) is 15.6. The van der Waals surface area contributed by atoms with E-state index < -0.39 is 0 Å². The molecule has 3 rings (SSSR count). The van der Waals surface area contributed by atoms with Crippen LogP contribution in [0.3, 0.4) is 0 Å². The molecule has 2 fully saturated rings. The summed E-state index contributed by atoms with van der Waals surface area (Å²) in [6.45, 7) is 6.78.